The molecule has 2 aromatic rings. The Balaban J connectivity index is 2.21. The summed E-state index contributed by atoms with van der Waals surface area (Å²) >= 11 is 8.88. The molecule has 0 aliphatic carbocycles. The van der Waals surface area contributed by atoms with Crippen LogP contribution in [0.5, 0.6) is 0 Å². The molecule has 1 heterocycles. The smallest absolute Gasteiger partial charge is 0.238 e. The van der Waals surface area contributed by atoms with Gasteiger partial charge in [0.15, 0.2) is 5.13 Å². The largest absolute Gasteiger partial charge is 0.301 e. The number of rotatable bonds is 4. The molecule has 0 saturated heterocycles. The molecule has 0 spiro atoms. The lowest BCUT2D eigenvalue weighted by atomic mass is 10.1. The minimum Gasteiger partial charge on any atom is -0.301 e. The third-order valence-electron chi connectivity index (χ3n) is 2.87. The number of carbonyl (C=O) groups is 1. The molecular weight excluding hydrogens is 312 g/mol. The van der Waals surface area contributed by atoms with Crippen molar-refractivity contribution in [1.29, 1.82) is 0 Å². The van der Waals surface area contributed by atoms with Gasteiger partial charge in [-0.1, -0.05) is 23.7 Å². The summed E-state index contributed by atoms with van der Waals surface area (Å²) in [7, 11) is 0. The highest BCUT2D eigenvalue weighted by atomic mass is 35.5. The normalized spacial score (nSPS) is 12.2. The zero-order valence-corrected chi connectivity index (χ0v) is 13.8. The van der Waals surface area contributed by atoms with Gasteiger partial charge in [-0.3, -0.25) is 4.79 Å². The number of carbonyl (C=O) groups excluding carboxylic acids is 1. The first kappa shape index (κ1) is 15.4. The maximum Gasteiger partial charge on any atom is 0.238 e. The summed E-state index contributed by atoms with van der Waals surface area (Å²) in [6.45, 7) is 3.87. The fraction of sp³-hybridized carbons (Fsp3) is 0.286. The van der Waals surface area contributed by atoms with Gasteiger partial charge in [-0.15, -0.1) is 11.3 Å². The minimum atomic E-state index is -0.0850. The van der Waals surface area contributed by atoms with Gasteiger partial charge in [0.1, 0.15) is 0 Å². The first-order valence-corrected chi connectivity index (χ1v) is 8.56. The molecule has 1 atom stereocenters. The van der Waals surface area contributed by atoms with Crippen molar-refractivity contribution in [3.05, 3.63) is 34.2 Å². The maximum atomic E-state index is 11.9. The molecule has 6 heteroatoms. The number of hydrogen-bond acceptors (Lipinski definition) is 4. The third-order valence-corrected chi connectivity index (χ3v) is 4.93. The number of anilines is 1. The van der Waals surface area contributed by atoms with Crippen LogP contribution in [-0.4, -0.2) is 22.4 Å². The number of hydrogen-bond donors (Lipinski definition) is 1. The second kappa shape index (κ2) is 6.61. The highest BCUT2D eigenvalue weighted by Crippen LogP contribution is 2.31. The van der Waals surface area contributed by atoms with Crippen LogP contribution >= 0.6 is 34.7 Å². The van der Waals surface area contributed by atoms with Gasteiger partial charge in [-0.25, -0.2) is 4.98 Å². The second-order valence-corrected chi connectivity index (χ2v) is 7.12. The average Bonchev–Trinajstić information content (AvgIpc) is 2.79. The van der Waals surface area contributed by atoms with E-state index in [4.69, 9.17) is 11.6 Å². The summed E-state index contributed by atoms with van der Waals surface area (Å²) in [5.41, 5.74) is 1.89. The topological polar surface area (TPSA) is 42.0 Å². The second-order valence-electron chi connectivity index (χ2n) is 4.30. The number of amides is 1. The van der Waals surface area contributed by atoms with Gasteiger partial charge < -0.3 is 5.32 Å². The van der Waals surface area contributed by atoms with Crippen LogP contribution in [0.15, 0.2) is 24.3 Å². The Kier molecular flexibility index (Phi) is 5.07. The quantitative estimate of drug-likeness (QED) is 0.901. The molecule has 0 fully saturated rings. The number of thioether (sulfide) groups is 1. The average molecular weight is 327 g/mol. The zero-order valence-electron chi connectivity index (χ0n) is 11.4. The summed E-state index contributed by atoms with van der Waals surface area (Å²) in [5, 5.41) is 4.11. The van der Waals surface area contributed by atoms with Gasteiger partial charge in [0.2, 0.25) is 5.91 Å². The summed E-state index contributed by atoms with van der Waals surface area (Å²) < 4.78 is 0. The van der Waals surface area contributed by atoms with Crippen molar-refractivity contribution in [2.45, 2.75) is 19.1 Å². The number of halogens is 1. The van der Waals surface area contributed by atoms with E-state index in [1.54, 1.807) is 0 Å². The van der Waals surface area contributed by atoms with E-state index in [9.17, 15) is 4.79 Å². The van der Waals surface area contributed by atoms with Crippen LogP contribution in [0, 0.1) is 6.92 Å². The van der Waals surface area contributed by atoms with Crippen LogP contribution in [-0.2, 0) is 4.79 Å². The van der Waals surface area contributed by atoms with Crippen LogP contribution in [0.25, 0.3) is 11.3 Å². The van der Waals surface area contributed by atoms with Crippen LogP contribution < -0.4 is 5.32 Å². The molecule has 1 amide bonds. The van der Waals surface area contributed by atoms with Gasteiger partial charge in [-0.05, 0) is 32.2 Å². The van der Waals surface area contributed by atoms with Crippen LogP contribution in [0.4, 0.5) is 5.13 Å². The molecule has 20 heavy (non-hydrogen) atoms. The lowest BCUT2D eigenvalue weighted by Crippen LogP contribution is -2.21. The standard InChI is InChI=1S/C14H15ClN2OS2/c1-8-12(10-4-6-11(15)7-5-10)16-14(20-8)17-13(18)9(2)19-3/h4-7,9H,1-3H3,(H,16,17,18). The predicted octanol–water partition coefficient (Wildman–Crippen LogP) is 4.46. The highest BCUT2D eigenvalue weighted by molar-refractivity contribution is 7.99. The number of aromatic nitrogens is 1. The first-order chi connectivity index (χ1) is 9.51. The van der Waals surface area contributed by atoms with Gasteiger partial charge in [0, 0.05) is 15.5 Å². The van der Waals surface area contributed by atoms with Gasteiger partial charge >= 0.3 is 0 Å². The molecule has 106 valence electrons. The molecule has 1 unspecified atom stereocenters. The fourth-order valence-electron chi connectivity index (χ4n) is 1.64. The summed E-state index contributed by atoms with van der Waals surface area (Å²) in [4.78, 5) is 17.4. The van der Waals surface area contributed by atoms with E-state index >= 15 is 0 Å². The highest BCUT2D eigenvalue weighted by Gasteiger charge is 2.15. The van der Waals surface area contributed by atoms with E-state index in [-0.39, 0.29) is 11.2 Å². The fourth-order valence-corrected chi connectivity index (χ4v) is 2.88. The molecule has 0 aliphatic heterocycles. The van der Waals surface area contributed by atoms with E-state index < -0.39 is 0 Å². The van der Waals surface area contributed by atoms with E-state index in [0.29, 0.717) is 10.2 Å². The molecule has 0 bridgehead atoms. The molecule has 3 nitrogen and oxygen atoms in total. The maximum absolute atomic E-state index is 11.9. The number of nitrogens with one attached hydrogen (secondary N) is 1. The summed E-state index contributed by atoms with van der Waals surface area (Å²) in [6, 6.07) is 7.54. The van der Waals surface area contributed by atoms with E-state index in [1.807, 2.05) is 44.4 Å². The van der Waals surface area contributed by atoms with E-state index in [0.717, 1.165) is 16.1 Å². The third kappa shape index (κ3) is 3.53. The number of nitrogens with zero attached hydrogens (tertiary/aromatic N) is 1. The van der Waals surface area contributed by atoms with E-state index in [1.165, 1.54) is 23.1 Å². The Labute approximate surface area is 131 Å². The molecule has 1 aromatic heterocycles. The van der Waals surface area contributed by atoms with Crippen molar-refractivity contribution >= 4 is 45.7 Å². The Morgan fingerprint density at radius 2 is 2.05 bits per heavy atom. The van der Waals surface area contributed by atoms with Gasteiger partial charge in [0.05, 0.1) is 10.9 Å². The molecule has 0 aliphatic rings. The number of aryl methyl sites for hydroxylation is 1. The monoisotopic (exact) mass is 326 g/mol. The predicted molar refractivity (Wildman–Crippen MR) is 88.9 cm³/mol. The molecule has 1 N–H and O–H groups in total. The first-order valence-electron chi connectivity index (χ1n) is 6.08. The van der Waals surface area contributed by atoms with Crippen molar-refractivity contribution in [2.75, 3.05) is 11.6 Å². The van der Waals surface area contributed by atoms with Crippen molar-refractivity contribution < 1.29 is 4.79 Å². The minimum absolute atomic E-state index is 0.0195. The van der Waals surface area contributed by atoms with Crippen molar-refractivity contribution in [3.63, 3.8) is 0 Å². The molecular formula is C14H15ClN2OS2. The SMILES string of the molecule is CSC(C)C(=O)Nc1nc(-c2ccc(Cl)cc2)c(C)s1. The summed E-state index contributed by atoms with van der Waals surface area (Å²) in [6.07, 6.45) is 1.91. The van der Waals surface area contributed by atoms with Crippen molar-refractivity contribution in [2.24, 2.45) is 0 Å². The number of benzene rings is 1. The summed E-state index contributed by atoms with van der Waals surface area (Å²) in [5.74, 6) is -0.0195. The Bertz CT molecular complexity index is 610. The number of thiazole rings is 1. The Morgan fingerprint density at radius 3 is 2.65 bits per heavy atom. The van der Waals surface area contributed by atoms with Gasteiger partial charge in [0.25, 0.3) is 0 Å². The van der Waals surface area contributed by atoms with Crippen molar-refractivity contribution in [3.8, 4) is 11.3 Å². The molecule has 0 radical (unpaired) electrons. The van der Waals surface area contributed by atoms with Crippen LogP contribution in [0.3, 0.4) is 0 Å². The molecule has 0 saturated carbocycles. The zero-order chi connectivity index (χ0) is 14.7. The molecule has 2 rings (SSSR count). The lowest BCUT2D eigenvalue weighted by molar-refractivity contribution is -0.115. The van der Waals surface area contributed by atoms with Gasteiger partial charge in [-0.2, -0.15) is 11.8 Å². The Morgan fingerprint density at radius 1 is 1.40 bits per heavy atom. The van der Waals surface area contributed by atoms with Crippen LogP contribution in [0.2, 0.25) is 5.02 Å². The van der Waals surface area contributed by atoms with Crippen molar-refractivity contribution in [1.82, 2.24) is 4.98 Å². The van der Waals surface area contributed by atoms with Crippen LogP contribution in [0.1, 0.15) is 11.8 Å². The Hall–Kier alpha value is -1.04. The lowest BCUT2D eigenvalue weighted by Gasteiger charge is -2.06. The van der Waals surface area contributed by atoms with E-state index in [2.05, 4.69) is 10.3 Å². The molecule has 1 aromatic carbocycles.